The van der Waals surface area contributed by atoms with Crippen molar-refractivity contribution in [2.75, 3.05) is 17.5 Å². The number of halogens is 1. The minimum atomic E-state index is -3.92. The molecule has 0 saturated carbocycles. The quantitative estimate of drug-likeness (QED) is 0.671. The first-order valence-corrected chi connectivity index (χ1v) is 9.76. The van der Waals surface area contributed by atoms with E-state index in [9.17, 15) is 12.8 Å². The van der Waals surface area contributed by atoms with Crippen LogP contribution in [0.2, 0.25) is 0 Å². The predicted molar refractivity (Wildman–Crippen MR) is 97.8 cm³/mol. The van der Waals surface area contributed by atoms with Crippen molar-refractivity contribution >= 4 is 15.7 Å². The van der Waals surface area contributed by atoms with Crippen LogP contribution in [0.3, 0.4) is 0 Å². The molecule has 3 heterocycles. The SMILES string of the molecule is Cc1ccc(S(=O)(=O)N2CCOc3ccc(-c4cnc(C#N)c(F)c4)cc32)o1. The summed E-state index contributed by atoms with van der Waals surface area (Å²) in [4.78, 5) is 3.79. The normalized spacial score (nSPS) is 13.5. The van der Waals surface area contributed by atoms with Crippen LogP contribution in [0.4, 0.5) is 10.1 Å². The van der Waals surface area contributed by atoms with Crippen LogP contribution in [0, 0.1) is 24.1 Å². The number of nitrogens with zero attached hydrogens (tertiary/aromatic N) is 3. The minimum Gasteiger partial charge on any atom is -0.489 e. The van der Waals surface area contributed by atoms with E-state index in [2.05, 4.69) is 4.98 Å². The molecule has 1 aliphatic rings. The summed E-state index contributed by atoms with van der Waals surface area (Å²) in [5.74, 6) is 0.133. The Balaban J connectivity index is 1.80. The number of benzene rings is 1. The fourth-order valence-electron chi connectivity index (χ4n) is 2.96. The number of fused-ring (bicyclic) bond motifs is 1. The Hall–Kier alpha value is -3.38. The zero-order valence-corrected chi connectivity index (χ0v) is 15.5. The Kier molecular flexibility index (Phi) is 4.28. The van der Waals surface area contributed by atoms with Crippen molar-refractivity contribution in [1.82, 2.24) is 4.98 Å². The Morgan fingerprint density at radius 1 is 1.21 bits per heavy atom. The molecule has 9 heteroatoms. The first kappa shape index (κ1) is 18.0. The van der Waals surface area contributed by atoms with E-state index in [1.54, 1.807) is 37.3 Å². The van der Waals surface area contributed by atoms with E-state index in [4.69, 9.17) is 14.4 Å². The lowest BCUT2D eigenvalue weighted by Gasteiger charge is -2.30. The van der Waals surface area contributed by atoms with Crippen LogP contribution in [-0.2, 0) is 10.0 Å². The minimum absolute atomic E-state index is 0.110. The molecule has 142 valence electrons. The Bertz CT molecular complexity index is 1210. The van der Waals surface area contributed by atoms with Crippen molar-refractivity contribution in [3.63, 3.8) is 0 Å². The van der Waals surface area contributed by atoms with Gasteiger partial charge in [-0.1, -0.05) is 6.07 Å². The number of aryl methyl sites for hydroxylation is 1. The van der Waals surface area contributed by atoms with Gasteiger partial charge >= 0.3 is 0 Å². The molecule has 1 aromatic carbocycles. The second-order valence-electron chi connectivity index (χ2n) is 6.14. The fraction of sp³-hybridized carbons (Fsp3) is 0.158. The molecule has 7 nitrogen and oxygen atoms in total. The molecule has 0 bridgehead atoms. The van der Waals surface area contributed by atoms with Gasteiger partial charge in [-0.2, -0.15) is 13.7 Å². The predicted octanol–water partition coefficient (Wildman–Crippen LogP) is 3.25. The zero-order chi connectivity index (χ0) is 19.9. The number of sulfonamides is 1. The summed E-state index contributed by atoms with van der Waals surface area (Å²) in [6.07, 6.45) is 1.36. The molecule has 0 N–H and O–H groups in total. The number of anilines is 1. The number of aromatic nitrogens is 1. The number of hydrogen-bond donors (Lipinski definition) is 0. The third kappa shape index (κ3) is 2.97. The monoisotopic (exact) mass is 399 g/mol. The Labute approximate surface area is 160 Å². The highest BCUT2D eigenvalue weighted by Gasteiger charge is 2.32. The van der Waals surface area contributed by atoms with E-state index in [1.165, 1.54) is 22.6 Å². The van der Waals surface area contributed by atoms with Gasteiger partial charge in [-0.05, 0) is 42.8 Å². The number of ether oxygens (including phenoxy) is 1. The molecule has 0 atom stereocenters. The van der Waals surface area contributed by atoms with Gasteiger partial charge in [0.2, 0.25) is 5.09 Å². The van der Waals surface area contributed by atoms with E-state index >= 15 is 0 Å². The Morgan fingerprint density at radius 2 is 2.04 bits per heavy atom. The van der Waals surface area contributed by atoms with Crippen LogP contribution in [0.25, 0.3) is 11.1 Å². The number of nitriles is 1. The molecule has 0 spiro atoms. The molecule has 0 radical (unpaired) electrons. The van der Waals surface area contributed by atoms with Crippen LogP contribution in [0.5, 0.6) is 5.75 Å². The van der Waals surface area contributed by atoms with Gasteiger partial charge in [0, 0.05) is 11.8 Å². The average Bonchev–Trinajstić information content (AvgIpc) is 3.14. The van der Waals surface area contributed by atoms with E-state index in [0.29, 0.717) is 28.3 Å². The molecule has 4 rings (SSSR count). The molecule has 0 unspecified atom stereocenters. The summed E-state index contributed by atoms with van der Waals surface area (Å²) in [5.41, 5.74) is 0.969. The zero-order valence-electron chi connectivity index (χ0n) is 14.7. The molecular weight excluding hydrogens is 385 g/mol. The summed E-state index contributed by atoms with van der Waals surface area (Å²) in [6, 6.07) is 10.7. The highest BCUT2D eigenvalue weighted by molar-refractivity contribution is 7.92. The summed E-state index contributed by atoms with van der Waals surface area (Å²) >= 11 is 0. The first-order chi connectivity index (χ1) is 13.4. The number of pyridine rings is 1. The molecule has 0 fully saturated rings. The van der Waals surface area contributed by atoms with Crippen molar-refractivity contribution in [2.45, 2.75) is 12.0 Å². The fourth-order valence-corrected chi connectivity index (χ4v) is 4.37. The van der Waals surface area contributed by atoms with Gasteiger partial charge in [0.05, 0.1) is 12.2 Å². The number of furan rings is 1. The van der Waals surface area contributed by atoms with Crippen LogP contribution in [-0.4, -0.2) is 26.6 Å². The smallest absolute Gasteiger partial charge is 0.298 e. The lowest BCUT2D eigenvalue weighted by Crippen LogP contribution is -2.37. The number of rotatable bonds is 3. The van der Waals surface area contributed by atoms with Gasteiger partial charge in [-0.15, -0.1) is 0 Å². The van der Waals surface area contributed by atoms with Crippen molar-refractivity contribution in [2.24, 2.45) is 0 Å². The van der Waals surface area contributed by atoms with Crippen LogP contribution >= 0.6 is 0 Å². The van der Waals surface area contributed by atoms with E-state index in [0.717, 1.165) is 0 Å². The standard InChI is InChI=1S/C19H14FN3O4S/c1-12-2-5-19(27-12)28(24,25)23-6-7-26-18-4-3-13(9-17(18)23)14-8-15(20)16(10-21)22-11-14/h2-5,8-9,11H,6-7H2,1H3. The van der Waals surface area contributed by atoms with E-state index < -0.39 is 15.8 Å². The van der Waals surface area contributed by atoms with Crippen LogP contribution in [0.1, 0.15) is 11.5 Å². The maximum atomic E-state index is 13.9. The third-order valence-electron chi connectivity index (χ3n) is 4.32. The summed E-state index contributed by atoms with van der Waals surface area (Å²) in [7, 11) is -3.92. The Morgan fingerprint density at radius 3 is 2.71 bits per heavy atom. The molecule has 28 heavy (non-hydrogen) atoms. The van der Waals surface area contributed by atoms with Gasteiger partial charge in [-0.25, -0.2) is 9.37 Å². The van der Waals surface area contributed by atoms with Gasteiger partial charge in [-0.3, -0.25) is 4.31 Å². The highest BCUT2D eigenvalue weighted by Crippen LogP contribution is 2.38. The third-order valence-corrected chi connectivity index (χ3v) is 6.01. The molecule has 0 aliphatic carbocycles. The average molecular weight is 399 g/mol. The lowest BCUT2D eigenvalue weighted by molar-refractivity contribution is 0.315. The summed E-state index contributed by atoms with van der Waals surface area (Å²) in [6.45, 7) is 1.97. The molecule has 2 aromatic heterocycles. The second kappa shape index (κ2) is 6.65. The highest BCUT2D eigenvalue weighted by atomic mass is 32.2. The van der Waals surface area contributed by atoms with Gasteiger partial charge in [0.1, 0.15) is 24.2 Å². The van der Waals surface area contributed by atoms with E-state index in [-0.39, 0.29) is 23.9 Å². The first-order valence-electron chi connectivity index (χ1n) is 8.32. The molecule has 1 aliphatic heterocycles. The maximum absolute atomic E-state index is 13.9. The van der Waals surface area contributed by atoms with Crippen LogP contribution < -0.4 is 9.04 Å². The largest absolute Gasteiger partial charge is 0.489 e. The van der Waals surface area contributed by atoms with E-state index in [1.807, 2.05) is 0 Å². The van der Waals surface area contributed by atoms with Crippen LogP contribution in [0.15, 0.2) is 52.1 Å². The van der Waals surface area contributed by atoms with Crippen molar-refractivity contribution < 1.29 is 22.0 Å². The summed E-state index contributed by atoms with van der Waals surface area (Å²) < 4.78 is 52.1. The molecule has 3 aromatic rings. The lowest BCUT2D eigenvalue weighted by atomic mass is 10.1. The van der Waals surface area contributed by atoms with Gasteiger partial charge < -0.3 is 9.15 Å². The van der Waals surface area contributed by atoms with Gasteiger partial charge in [0.25, 0.3) is 10.0 Å². The van der Waals surface area contributed by atoms with Crippen molar-refractivity contribution in [3.8, 4) is 22.9 Å². The van der Waals surface area contributed by atoms with Crippen molar-refractivity contribution in [3.05, 3.63) is 59.9 Å². The van der Waals surface area contributed by atoms with Crippen molar-refractivity contribution in [1.29, 1.82) is 5.26 Å². The molecule has 0 amide bonds. The maximum Gasteiger partial charge on any atom is 0.298 e. The molecular formula is C19H14FN3O4S. The summed E-state index contributed by atoms with van der Waals surface area (Å²) in [5, 5.41) is 8.66. The molecule has 0 saturated heterocycles. The van der Waals surface area contributed by atoms with Gasteiger partial charge in [0.15, 0.2) is 11.5 Å². The second-order valence-corrected chi connectivity index (χ2v) is 7.93. The number of hydrogen-bond acceptors (Lipinski definition) is 6. The topological polar surface area (TPSA) is 96.4 Å².